The Balaban J connectivity index is 1.45. The molecule has 0 aliphatic carbocycles. The van der Waals surface area contributed by atoms with Crippen LogP contribution < -0.4 is 0 Å². The van der Waals surface area contributed by atoms with Crippen LogP contribution in [0.2, 0.25) is 0 Å². The van der Waals surface area contributed by atoms with E-state index in [1.807, 2.05) is 48.1 Å². The van der Waals surface area contributed by atoms with Crippen LogP contribution in [-0.2, 0) is 17.8 Å². The van der Waals surface area contributed by atoms with Crippen molar-refractivity contribution in [2.24, 2.45) is 0 Å². The largest absolute Gasteiger partial charge is 0.338 e. The summed E-state index contributed by atoms with van der Waals surface area (Å²) in [5, 5.41) is 0. The third kappa shape index (κ3) is 3.34. The lowest BCUT2D eigenvalue weighted by Gasteiger charge is -2.25. The zero-order valence-corrected chi connectivity index (χ0v) is 15.1. The van der Waals surface area contributed by atoms with E-state index in [1.54, 1.807) is 0 Å². The van der Waals surface area contributed by atoms with Gasteiger partial charge >= 0.3 is 0 Å². The second-order valence-corrected chi connectivity index (χ2v) is 7.01. The lowest BCUT2D eigenvalue weighted by molar-refractivity contribution is -0.132. The smallest absolute Gasteiger partial charge is 0.242 e. The summed E-state index contributed by atoms with van der Waals surface area (Å²) in [6.45, 7) is 3.21. The van der Waals surface area contributed by atoms with Crippen LogP contribution in [0.4, 0.5) is 0 Å². The Morgan fingerprint density at radius 3 is 2.85 bits per heavy atom. The zero-order valence-electron chi connectivity index (χ0n) is 15.1. The van der Waals surface area contributed by atoms with Gasteiger partial charge in [-0.1, -0.05) is 12.1 Å². The fourth-order valence-electron chi connectivity index (χ4n) is 3.97. The number of aryl methyl sites for hydroxylation is 2. The number of imidazole rings is 1. The van der Waals surface area contributed by atoms with Crippen molar-refractivity contribution in [1.82, 2.24) is 19.4 Å². The fraction of sp³-hybridized carbons (Fsp3) is 0.381. The van der Waals surface area contributed by atoms with Crippen molar-refractivity contribution in [3.63, 3.8) is 0 Å². The molecule has 3 aromatic rings. The van der Waals surface area contributed by atoms with Gasteiger partial charge in [0, 0.05) is 25.0 Å². The Bertz CT molecular complexity index is 903. The van der Waals surface area contributed by atoms with E-state index in [2.05, 4.69) is 27.0 Å². The number of para-hydroxylation sites is 2. The summed E-state index contributed by atoms with van der Waals surface area (Å²) in [5.41, 5.74) is 3.27. The van der Waals surface area contributed by atoms with E-state index in [4.69, 9.17) is 0 Å². The highest BCUT2D eigenvalue weighted by molar-refractivity contribution is 5.81. The molecule has 1 aliphatic rings. The van der Waals surface area contributed by atoms with Gasteiger partial charge in [0.1, 0.15) is 12.4 Å². The van der Waals surface area contributed by atoms with Crippen LogP contribution in [-0.4, -0.2) is 37.9 Å². The van der Waals surface area contributed by atoms with Gasteiger partial charge in [-0.2, -0.15) is 0 Å². The molecule has 3 heterocycles. The first-order valence-corrected chi connectivity index (χ1v) is 9.32. The second-order valence-electron chi connectivity index (χ2n) is 7.01. The van der Waals surface area contributed by atoms with Crippen molar-refractivity contribution in [3.05, 3.63) is 60.2 Å². The summed E-state index contributed by atoms with van der Waals surface area (Å²) in [4.78, 5) is 23.7. The highest BCUT2D eigenvalue weighted by Crippen LogP contribution is 2.23. The van der Waals surface area contributed by atoms with E-state index < -0.39 is 0 Å². The van der Waals surface area contributed by atoms with Gasteiger partial charge in [0.25, 0.3) is 0 Å². The molecule has 5 heteroatoms. The number of hydrogen-bond donors (Lipinski definition) is 0. The number of benzene rings is 1. The average molecular weight is 348 g/mol. The third-order valence-electron chi connectivity index (χ3n) is 5.35. The highest BCUT2D eigenvalue weighted by atomic mass is 16.2. The number of nitrogens with zero attached hydrogens (tertiary/aromatic N) is 4. The second kappa shape index (κ2) is 7.28. The molecule has 1 saturated heterocycles. The SMILES string of the molecule is Cc1nc2ccccc2n1CC(=O)N1CCC[C@H]1CCc1ccncc1. The standard InChI is InChI=1S/C21H24N4O/c1-16-23-19-6-2-3-7-20(19)25(16)15-21(26)24-14-4-5-18(24)9-8-17-10-12-22-13-11-17/h2-3,6-7,10-13,18H,4-5,8-9,14-15H2,1H3/t18-/m0/s1. The Hall–Kier alpha value is -2.69. The molecule has 4 rings (SSSR count). The summed E-state index contributed by atoms with van der Waals surface area (Å²) < 4.78 is 2.04. The minimum absolute atomic E-state index is 0.202. The molecule has 134 valence electrons. The number of likely N-dealkylation sites (tertiary alicyclic amines) is 1. The molecule has 0 radical (unpaired) electrons. The first-order chi connectivity index (χ1) is 12.7. The number of pyridine rings is 1. The van der Waals surface area contributed by atoms with Crippen molar-refractivity contribution < 1.29 is 4.79 Å². The molecule has 1 amide bonds. The van der Waals surface area contributed by atoms with Crippen LogP contribution in [0.1, 0.15) is 30.7 Å². The molecule has 1 atom stereocenters. The van der Waals surface area contributed by atoms with Gasteiger partial charge < -0.3 is 9.47 Å². The van der Waals surface area contributed by atoms with Crippen LogP contribution in [0.15, 0.2) is 48.8 Å². The van der Waals surface area contributed by atoms with Gasteiger partial charge in [0.15, 0.2) is 0 Å². The summed E-state index contributed by atoms with van der Waals surface area (Å²) >= 11 is 0. The maximum Gasteiger partial charge on any atom is 0.242 e. The molecule has 0 spiro atoms. The number of amides is 1. The van der Waals surface area contributed by atoms with Crippen molar-refractivity contribution in [2.45, 2.75) is 45.2 Å². The molecule has 2 aromatic heterocycles. The number of rotatable bonds is 5. The molecular formula is C21H24N4O. The quantitative estimate of drug-likeness (QED) is 0.710. The van der Waals surface area contributed by atoms with E-state index >= 15 is 0 Å². The first-order valence-electron chi connectivity index (χ1n) is 9.32. The van der Waals surface area contributed by atoms with Gasteiger partial charge in [-0.25, -0.2) is 4.98 Å². The van der Waals surface area contributed by atoms with Crippen LogP contribution in [0.5, 0.6) is 0 Å². The number of aromatic nitrogens is 3. The number of carbonyl (C=O) groups excluding carboxylic acids is 1. The Labute approximate surface area is 153 Å². The Kier molecular flexibility index (Phi) is 4.69. The van der Waals surface area contributed by atoms with Crippen molar-refractivity contribution >= 4 is 16.9 Å². The number of fused-ring (bicyclic) bond motifs is 1. The lowest BCUT2D eigenvalue weighted by Crippen LogP contribution is -2.38. The molecule has 0 unspecified atom stereocenters. The number of hydrogen-bond acceptors (Lipinski definition) is 3. The summed E-state index contributed by atoms with van der Waals surface area (Å²) in [6, 6.07) is 12.5. The highest BCUT2D eigenvalue weighted by Gasteiger charge is 2.28. The predicted molar refractivity (Wildman–Crippen MR) is 102 cm³/mol. The van der Waals surface area contributed by atoms with Crippen LogP contribution in [0.3, 0.4) is 0 Å². The van der Waals surface area contributed by atoms with Gasteiger partial charge in [-0.05, 0) is 62.4 Å². The molecule has 1 fully saturated rings. The van der Waals surface area contributed by atoms with Crippen molar-refractivity contribution in [2.75, 3.05) is 6.54 Å². The fourth-order valence-corrected chi connectivity index (χ4v) is 3.97. The molecule has 1 aromatic carbocycles. The van der Waals surface area contributed by atoms with E-state index in [0.717, 1.165) is 49.1 Å². The average Bonchev–Trinajstić information content (AvgIpc) is 3.26. The molecule has 26 heavy (non-hydrogen) atoms. The van der Waals surface area contributed by atoms with Gasteiger partial charge in [-0.15, -0.1) is 0 Å². The van der Waals surface area contributed by atoms with E-state index in [9.17, 15) is 4.79 Å². The van der Waals surface area contributed by atoms with Crippen molar-refractivity contribution in [1.29, 1.82) is 0 Å². The van der Waals surface area contributed by atoms with Gasteiger partial charge in [-0.3, -0.25) is 9.78 Å². The van der Waals surface area contributed by atoms with Crippen LogP contribution in [0, 0.1) is 6.92 Å². The monoisotopic (exact) mass is 348 g/mol. The maximum atomic E-state index is 13.0. The maximum absolute atomic E-state index is 13.0. The minimum atomic E-state index is 0.202. The predicted octanol–water partition coefficient (Wildman–Crippen LogP) is 3.36. The van der Waals surface area contributed by atoms with Crippen molar-refractivity contribution in [3.8, 4) is 0 Å². The molecular weight excluding hydrogens is 324 g/mol. The van der Waals surface area contributed by atoms with Crippen LogP contribution >= 0.6 is 0 Å². The molecule has 5 nitrogen and oxygen atoms in total. The first kappa shape index (κ1) is 16.8. The Morgan fingerprint density at radius 1 is 1.19 bits per heavy atom. The van der Waals surface area contributed by atoms with Gasteiger partial charge in [0.05, 0.1) is 11.0 Å². The van der Waals surface area contributed by atoms with E-state index in [-0.39, 0.29) is 5.91 Å². The van der Waals surface area contributed by atoms with E-state index in [1.165, 1.54) is 5.56 Å². The van der Waals surface area contributed by atoms with Crippen LogP contribution in [0.25, 0.3) is 11.0 Å². The molecule has 0 bridgehead atoms. The Morgan fingerprint density at radius 2 is 2.00 bits per heavy atom. The van der Waals surface area contributed by atoms with Gasteiger partial charge in [0.2, 0.25) is 5.91 Å². The summed E-state index contributed by atoms with van der Waals surface area (Å²) in [7, 11) is 0. The topological polar surface area (TPSA) is 51.0 Å². The molecule has 0 saturated carbocycles. The van der Waals surface area contributed by atoms with E-state index in [0.29, 0.717) is 12.6 Å². The minimum Gasteiger partial charge on any atom is -0.338 e. The molecule has 1 aliphatic heterocycles. The number of carbonyl (C=O) groups is 1. The normalized spacial score (nSPS) is 17.1. The lowest BCUT2D eigenvalue weighted by atomic mass is 10.0. The molecule has 0 N–H and O–H groups in total. The third-order valence-corrected chi connectivity index (χ3v) is 5.35. The summed E-state index contributed by atoms with van der Waals surface area (Å²) in [5.74, 6) is 1.10. The summed E-state index contributed by atoms with van der Waals surface area (Å²) in [6.07, 6.45) is 7.86. The zero-order chi connectivity index (χ0) is 17.9.